The lowest BCUT2D eigenvalue weighted by Gasteiger charge is -2.00. The van der Waals surface area contributed by atoms with E-state index < -0.39 is 5.82 Å². The predicted octanol–water partition coefficient (Wildman–Crippen LogP) is 1.91. The Morgan fingerprint density at radius 3 is 2.84 bits per heavy atom. The maximum absolute atomic E-state index is 13.7. The van der Waals surface area contributed by atoms with Gasteiger partial charge in [0.05, 0.1) is 5.56 Å². The Hall–Kier alpha value is -2.83. The summed E-state index contributed by atoms with van der Waals surface area (Å²) in [5.41, 5.74) is 6.52. The lowest BCUT2D eigenvalue weighted by molar-refractivity contribution is 0.429. The molecule has 0 atom stereocenters. The molecule has 0 amide bonds. The van der Waals surface area contributed by atoms with Crippen molar-refractivity contribution in [1.29, 1.82) is 0 Å². The summed E-state index contributed by atoms with van der Waals surface area (Å²) >= 11 is 0. The van der Waals surface area contributed by atoms with E-state index in [1.165, 1.54) is 18.5 Å². The van der Waals surface area contributed by atoms with Gasteiger partial charge < -0.3 is 10.3 Å². The normalized spacial score (nSPS) is 10.6. The molecular weight excluding hydrogens is 249 g/mol. The average Bonchev–Trinajstić information content (AvgIpc) is 2.89. The zero-order valence-corrected chi connectivity index (χ0v) is 9.62. The van der Waals surface area contributed by atoms with Crippen molar-refractivity contribution >= 4 is 5.69 Å². The highest BCUT2D eigenvalue weighted by atomic mass is 19.1. The number of benzene rings is 1. The molecule has 6 nitrogen and oxygen atoms in total. The number of halogens is 1. The lowest BCUT2D eigenvalue weighted by Crippen LogP contribution is -1.93. The third kappa shape index (κ3) is 2.01. The largest absolute Gasteiger partial charge is 0.398 e. The van der Waals surface area contributed by atoms with Gasteiger partial charge in [-0.05, 0) is 18.2 Å². The van der Waals surface area contributed by atoms with Gasteiger partial charge in [-0.2, -0.15) is 4.98 Å². The molecule has 0 bridgehead atoms. The molecule has 0 aliphatic heterocycles. The van der Waals surface area contributed by atoms with Crippen LogP contribution in [0.25, 0.3) is 23.0 Å². The van der Waals surface area contributed by atoms with Gasteiger partial charge in [-0.15, -0.1) is 0 Å². The van der Waals surface area contributed by atoms with Gasteiger partial charge in [0.1, 0.15) is 17.8 Å². The zero-order chi connectivity index (χ0) is 13.2. The molecule has 2 N–H and O–H groups in total. The summed E-state index contributed by atoms with van der Waals surface area (Å²) in [7, 11) is 0. The molecule has 3 rings (SSSR count). The Bertz CT molecular complexity index is 693. The van der Waals surface area contributed by atoms with Crippen molar-refractivity contribution in [3.63, 3.8) is 0 Å². The summed E-state index contributed by atoms with van der Waals surface area (Å²) in [6.45, 7) is 0. The summed E-state index contributed by atoms with van der Waals surface area (Å²) in [6, 6.07) is 5.97. The monoisotopic (exact) mass is 257 g/mol. The van der Waals surface area contributed by atoms with E-state index in [0.717, 1.165) is 0 Å². The van der Waals surface area contributed by atoms with Crippen LogP contribution in [0.5, 0.6) is 0 Å². The van der Waals surface area contributed by atoms with Gasteiger partial charge >= 0.3 is 0 Å². The maximum atomic E-state index is 13.7. The lowest BCUT2D eigenvalue weighted by atomic mass is 10.1. The molecule has 0 saturated heterocycles. The van der Waals surface area contributed by atoms with Crippen LogP contribution >= 0.6 is 0 Å². The van der Waals surface area contributed by atoms with Crippen LogP contribution < -0.4 is 5.73 Å². The van der Waals surface area contributed by atoms with Crippen molar-refractivity contribution < 1.29 is 8.91 Å². The number of rotatable bonds is 2. The first kappa shape index (κ1) is 11.3. The topological polar surface area (TPSA) is 90.7 Å². The van der Waals surface area contributed by atoms with Crippen LogP contribution in [-0.2, 0) is 0 Å². The zero-order valence-electron chi connectivity index (χ0n) is 9.62. The fourth-order valence-corrected chi connectivity index (χ4v) is 1.62. The molecule has 2 aromatic heterocycles. The summed E-state index contributed by atoms with van der Waals surface area (Å²) in [6.07, 6.45) is 2.92. The molecule has 0 aliphatic carbocycles. The second kappa shape index (κ2) is 4.45. The van der Waals surface area contributed by atoms with E-state index in [1.807, 2.05) is 0 Å². The van der Waals surface area contributed by atoms with E-state index in [0.29, 0.717) is 5.69 Å². The molecule has 0 fully saturated rings. The number of aromatic nitrogens is 4. The summed E-state index contributed by atoms with van der Waals surface area (Å²) in [5.74, 6) is -0.248. The smallest absolute Gasteiger partial charge is 0.263 e. The Kier molecular flexibility index (Phi) is 2.64. The Balaban J connectivity index is 2.07. The van der Waals surface area contributed by atoms with Gasteiger partial charge in [0.25, 0.3) is 5.89 Å². The first-order valence-corrected chi connectivity index (χ1v) is 5.40. The SMILES string of the molecule is Nc1cccc(F)c1-c1nc(-c2ccncn2)no1. The van der Waals surface area contributed by atoms with Crippen molar-refractivity contribution in [2.45, 2.75) is 0 Å². The molecule has 7 heteroatoms. The van der Waals surface area contributed by atoms with Crippen LogP contribution in [0.15, 0.2) is 41.3 Å². The van der Waals surface area contributed by atoms with E-state index in [9.17, 15) is 4.39 Å². The maximum Gasteiger partial charge on any atom is 0.263 e. The average molecular weight is 257 g/mol. The highest BCUT2D eigenvalue weighted by Gasteiger charge is 2.17. The molecule has 19 heavy (non-hydrogen) atoms. The molecular formula is C12H8FN5O. The number of nitrogens with zero attached hydrogens (tertiary/aromatic N) is 4. The van der Waals surface area contributed by atoms with Crippen molar-refractivity contribution in [2.24, 2.45) is 0 Å². The van der Waals surface area contributed by atoms with Crippen LogP contribution in [0.2, 0.25) is 0 Å². The number of nitrogens with two attached hydrogens (primary N) is 1. The van der Waals surface area contributed by atoms with Gasteiger partial charge in [0, 0.05) is 11.9 Å². The van der Waals surface area contributed by atoms with Crippen LogP contribution in [0.3, 0.4) is 0 Å². The number of anilines is 1. The van der Waals surface area contributed by atoms with E-state index >= 15 is 0 Å². The van der Waals surface area contributed by atoms with Gasteiger partial charge in [-0.25, -0.2) is 14.4 Å². The molecule has 0 aliphatic rings. The number of nitrogen functional groups attached to an aromatic ring is 1. The molecule has 0 unspecified atom stereocenters. The van der Waals surface area contributed by atoms with E-state index in [-0.39, 0.29) is 23.0 Å². The molecule has 1 aromatic carbocycles. The molecule has 0 saturated carbocycles. The third-order valence-electron chi connectivity index (χ3n) is 2.50. The summed E-state index contributed by atoms with van der Waals surface area (Å²) in [5, 5.41) is 3.75. The summed E-state index contributed by atoms with van der Waals surface area (Å²) in [4.78, 5) is 11.9. The van der Waals surface area contributed by atoms with Crippen LogP contribution in [0.4, 0.5) is 10.1 Å². The fourth-order valence-electron chi connectivity index (χ4n) is 1.62. The highest BCUT2D eigenvalue weighted by molar-refractivity contribution is 5.71. The summed E-state index contributed by atoms with van der Waals surface area (Å²) < 4.78 is 18.7. The second-order valence-corrected chi connectivity index (χ2v) is 3.72. The quantitative estimate of drug-likeness (QED) is 0.705. The molecule has 0 spiro atoms. The first-order chi connectivity index (χ1) is 9.25. The van der Waals surface area contributed by atoms with Crippen LogP contribution in [0.1, 0.15) is 0 Å². The molecule has 2 heterocycles. The van der Waals surface area contributed by atoms with Gasteiger partial charge in [-0.3, -0.25) is 0 Å². The van der Waals surface area contributed by atoms with E-state index in [1.54, 1.807) is 18.3 Å². The highest BCUT2D eigenvalue weighted by Crippen LogP contribution is 2.28. The Morgan fingerprint density at radius 1 is 1.21 bits per heavy atom. The van der Waals surface area contributed by atoms with E-state index in [4.69, 9.17) is 10.3 Å². The van der Waals surface area contributed by atoms with Crippen molar-refractivity contribution in [2.75, 3.05) is 5.73 Å². The minimum atomic E-state index is -0.516. The third-order valence-corrected chi connectivity index (χ3v) is 2.50. The van der Waals surface area contributed by atoms with Gasteiger partial charge in [0.15, 0.2) is 0 Å². The fraction of sp³-hybridized carbons (Fsp3) is 0. The Labute approximate surface area is 107 Å². The first-order valence-electron chi connectivity index (χ1n) is 5.40. The van der Waals surface area contributed by atoms with Crippen molar-refractivity contribution in [1.82, 2.24) is 20.1 Å². The van der Waals surface area contributed by atoms with Crippen molar-refractivity contribution in [3.8, 4) is 23.0 Å². The number of hydrogen-bond acceptors (Lipinski definition) is 6. The van der Waals surface area contributed by atoms with Crippen LogP contribution in [0, 0.1) is 5.82 Å². The van der Waals surface area contributed by atoms with Crippen LogP contribution in [-0.4, -0.2) is 20.1 Å². The predicted molar refractivity (Wildman–Crippen MR) is 65.1 cm³/mol. The molecule has 94 valence electrons. The van der Waals surface area contributed by atoms with Gasteiger partial charge in [0.2, 0.25) is 5.82 Å². The van der Waals surface area contributed by atoms with Gasteiger partial charge in [-0.1, -0.05) is 11.2 Å². The molecule has 0 radical (unpaired) electrons. The standard InChI is InChI=1S/C12H8FN5O/c13-7-2-1-3-8(14)10(7)12-17-11(18-19-12)9-4-5-15-6-16-9/h1-6H,14H2. The Morgan fingerprint density at radius 2 is 2.11 bits per heavy atom. The minimum absolute atomic E-state index is 0.0178. The second-order valence-electron chi connectivity index (χ2n) is 3.72. The number of hydrogen-bond donors (Lipinski definition) is 1. The van der Waals surface area contributed by atoms with Crippen molar-refractivity contribution in [3.05, 3.63) is 42.6 Å². The van der Waals surface area contributed by atoms with E-state index in [2.05, 4.69) is 20.1 Å². The molecule has 3 aromatic rings. The minimum Gasteiger partial charge on any atom is -0.398 e.